The molecule has 7 heteroatoms. The van der Waals surface area contributed by atoms with Gasteiger partial charge >= 0.3 is 0 Å². The molecular formula is C13H14FN3O2S. The van der Waals surface area contributed by atoms with Crippen molar-refractivity contribution in [1.29, 1.82) is 0 Å². The van der Waals surface area contributed by atoms with E-state index >= 15 is 0 Å². The van der Waals surface area contributed by atoms with Gasteiger partial charge in [0, 0.05) is 12.7 Å². The van der Waals surface area contributed by atoms with Crippen molar-refractivity contribution >= 4 is 10.0 Å². The Morgan fingerprint density at radius 3 is 2.55 bits per heavy atom. The lowest BCUT2D eigenvalue weighted by Gasteiger charge is -2.17. The van der Waals surface area contributed by atoms with E-state index in [0.29, 0.717) is 0 Å². The van der Waals surface area contributed by atoms with Gasteiger partial charge in [-0.3, -0.25) is 4.98 Å². The fourth-order valence-corrected chi connectivity index (χ4v) is 2.94. The van der Waals surface area contributed by atoms with Gasteiger partial charge in [0.25, 0.3) is 0 Å². The Labute approximate surface area is 116 Å². The summed E-state index contributed by atoms with van der Waals surface area (Å²) in [5.74, 6) is -0.711. The van der Waals surface area contributed by atoms with Gasteiger partial charge in [0.15, 0.2) is 0 Å². The number of hydrogen-bond acceptors (Lipinski definition) is 4. The van der Waals surface area contributed by atoms with Crippen molar-refractivity contribution in [3.8, 4) is 0 Å². The second kappa shape index (κ2) is 6.08. The van der Waals surface area contributed by atoms with Gasteiger partial charge in [0.05, 0.1) is 12.2 Å². The molecule has 5 nitrogen and oxygen atoms in total. The number of benzene rings is 1. The summed E-state index contributed by atoms with van der Waals surface area (Å²) in [6.45, 7) is 0.0893. The second-order valence-electron chi connectivity index (χ2n) is 4.16. The van der Waals surface area contributed by atoms with Crippen molar-refractivity contribution in [1.82, 2.24) is 9.71 Å². The average molecular weight is 295 g/mol. The zero-order valence-corrected chi connectivity index (χ0v) is 11.3. The van der Waals surface area contributed by atoms with E-state index in [1.165, 1.54) is 0 Å². The molecule has 0 aliphatic heterocycles. The molecule has 0 fully saturated rings. The highest BCUT2D eigenvalue weighted by Crippen LogP contribution is 2.16. The SMILES string of the molecule is NCC(NS(=O)(=O)c1cncc(F)c1)c1ccccc1. The zero-order valence-electron chi connectivity index (χ0n) is 10.5. The molecule has 1 heterocycles. The molecule has 1 aromatic carbocycles. The van der Waals surface area contributed by atoms with E-state index in [1.54, 1.807) is 24.3 Å². The molecule has 2 rings (SSSR count). The van der Waals surface area contributed by atoms with Gasteiger partial charge in [-0.05, 0) is 11.6 Å². The van der Waals surface area contributed by atoms with E-state index in [4.69, 9.17) is 5.73 Å². The Morgan fingerprint density at radius 2 is 1.95 bits per heavy atom. The average Bonchev–Trinajstić information content (AvgIpc) is 2.46. The standard InChI is InChI=1S/C13H14FN3O2S/c14-11-6-12(9-16-8-11)20(18,19)17-13(7-15)10-4-2-1-3-5-10/h1-6,8-9,13,17H,7,15H2. The van der Waals surface area contributed by atoms with Crippen molar-refractivity contribution in [3.63, 3.8) is 0 Å². The summed E-state index contributed by atoms with van der Waals surface area (Å²) in [4.78, 5) is 3.30. The molecule has 0 amide bonds. The molecule has 2 aromatic rings. The number of sulfonamides is 1. The zero-order chi connectivity index (χ0) is 14.6. The molecule has 1 aromatic heterocycles. The predicted octanol–water partition coefficient (Wildman–Crippen LogP) is 1.20. The Hall–Kier alpha value is -1.83. The minimum atomic E-state index is -3.87. The third-order valence-electron chi connectivity index (χ3n) is 2.73. The molecule has 0 aliphatic carbocycles. The number of aromatic nitrogens is 1. The minimum absolute atomic E-state index is 0.0893. The minimum Gasteiger partial charge on any atom is -0.329 e. The molecule has 1 atom stereocenters. The van der Waals surface area contributed by atoms with Crippen LogP contribution in [0, 0.1) is 5.82 Å². The number of halogens is 1. The number of nitrogens with one attached hydrogen (secondary N) is 1. The first-order valence-corrected chi connectivity index (χ1v) is 7.39. The number of hydrogen-bond donors (Lipinski definition) is 2. The summed E-state index contributed by atoms with van der Waals surface area (Å²) in [7, 11) is -3.87. The summed E-state index contributed by atoms with van der Waals surface area (Å²) in [5, 5.41) is 0. The van der Waals surface area contributed by atoms with E-state index in [9.17, 15) is 12.8 Å². The van der Waals surface area contributed by atoms with Gasteiger partial charge in [-0.1, -0.05) is 30.3 Å². The summed E-state index contributed by atoms with van der Waals surface area (Å²) >= 11 is 0. The van der Waals surface area contributed by atoms with Crippen LogP contribution in [-0.2, 0) is 10.0 Å². The van der Waals surface area contributed by atoms with Crippen LogP contribution in [0.1, 0.15) is 11.6 Å². The van der Waals surface area contributed by atoms with Crippen LogP contribution in [0.5, 0.6) is 0 Å². The van der Waals surface area contributed by atoms with E-state index < -0.39 is 21.9 Å². The molecule has 20 heavy (non-hydrogen) atoms. The monoisotopic (exact) mass is 295 g/mol. The molecule has 0 aliphatic rings. The van der Waals surface area contributed by atoms with Gasteiger partial charge < -0.3 is 5.73 Å². The summed E-state index contributed by atoms with van der Waals surface area (Å²) in [6, 6.07) is 9.26. The van der Waals surface area contributed by atoms with Crippen LogP contribution in [0.15, 0.2) is 53.7 Å². The lowest BCUT2D eigenvalue weighted by molar-refractivity contribution is 0.554. The highest BCUT2D eigenvalue weighted by Gasteiger charge is 2.21. The van der Waals surface area contributed by atoms with Crippen molar-refractivity contribution in [2.45, 2.75) is 10.9 Å². The first-order chi connectivity index (χ1) is 9.53. The normalized spacial score (nSPS) is 13.1. The molecule has 0 spiro atoms. The molecule has 0 radical (unpaired) electrons. The molecule has 0 bridgehead atoms. The van der Waals surface area contributed by atoms with Crippen LogP contribution in [0.25, 0.3) is 0 Å². The number of pyridine rings is 1. The fourth-order valence-electron chi connectivity index (χ4n) is 1.73. The van der Waals surface area contributed by atoms with Gasteiger partial charge in [0.1, 0.15) is 10.7 Å². The largest absolute Gasteiger partial charge is 0.329 e. The Morgan fingerprint density at radius 1 is 1.25 bits per heavy atom. The topological polar surface area (TPSA) is 85.1 Å². The van der Waals surface area contributed by atoms with Crippen LogP contribution >= 0.6 is 0 Å². The predicted molar refractivity (Wildman–Crippen MR) is 72.8 cm³/mol. The lowest BCUT2D eigenvalue weighted by Crippen LogP contribution is -2.33. The van der Waals surface area contributed by atoms with Crippen molar-refractivity contribution in [3.05, 3.63) is 60.2 Å². The van der Waals surface area contributed by atoms with E-state index in [-0.39, 0.29) is 11.4 Å². The molecule has 106 valence electrons. The quantitative estimate of drug-likeness (QED) is 0.868. The van der Waals surface area contributed by atoms with Crippen LogP contribution in [0.2, 0.25) is 0 Å². The summed E-state index contributed by atoms with van der Waals surface area (Å²) < 4.78 is 39.8. The molecule has 3 N–H and O–H groups in total. The third-order valence-corrected chi connectivity index (χ3v) is 4.16. The van der Waals surface area contributed by atoms with Gasteiger partial charge in [-0.25, -0.2) is 17.5 Å². The molecular weight excluding hydrogens is 281 g/mol. The van der Waals surface area contributed by atoms with Crippen LogP contribution in [-0.4, -0.2) is 19.9 Å². The molecule has 1 unspecified atom stereocenters. The highest BCUT2D eigenvalue weighted by molar-refractivity contribution is 7.89. The first kappa shape index (κ1) is 14.6. The van der Waals surface area contributed by atoms with Gasteiger partial charge in [-0.15, -0.1) is 0 Å². The Balaban J connectivity index is 2.27. The maximum Gasteiger partial charge on any atom is 0.242 e. The first-order valence-electron chi connectivity index (χ1n) is 5.91. The fraction of sp³-hybridized carbons (Fsp3) is 0.154. The summed E-state index contributed by atoms with van der Waals surface area (Å²) in [5.41, 5.74) is 6.34. The van der Waals surface area contributed by atoms with Crippen molar-refractivity contribution in [2.75, 3.05) is 6.54 Å². The van der Waals surface area contributed by atoms with Gasteiger partial charge in [-0.2, -0.15) is 0 Å². The maximum absolute atomic E-state index is 13.1. The highest BCUT2D eigenvalue weighted by atomic mass is 32.2. The number of rotatable bonds is 5. The Kier molecular flexibility index (Phi) is 4.43. The third kappa shape index (κ3) is 3.38. The van der Waals surface area contributed by atoms with Crippen molar-refractivity contribution < 1.29 is 12.8 Å². The molecule has 0 saturated carbocycles. The second-order valence-corrected chi connectivity index (χ2v) is 5.87. The van der Waals surface area contributed by atoms with Crippen LogP contribution in [0.4, 0.5) is 4.39 Å². The van der Waals surface area contributed by atoms with Crippen molar-refractivity contribution in [2.24, 2.45) is 5.73 Å². The Bertz CT molecular complexity index is 677. The van der Waals surface area contributed by atoms with Crippen LogP contribution in [0.3, 0.4) is 0 Å². The lowest BCUT2D eigenvalue weighted by atomic mass is 10.1. The van der Waals surface area contributed by atoms with E-state index in [1.807, 2.05) is 6.07 Å². The maximum atomic E-state index is 13.1. The smallest absolute Gasteiger partial charge is 0.242 e. The molecule has 0 saturated heterocycles. The summed E-state index contributed by atoms with van der Waals surface area (Å²) in [6.07, 6.45) is 2.03. The van der Waals surface area contributed by atoms with E-state index in [2.05, 4.69) is 9.71 Å². The van der Waals surface area contributed by atoms with Crippen LogP contribution < -0.4 is 10.5 Å². The number of nitrogens with two attached hydrogens (primary N) is 1. The van der Waals surface area contributed by atoms with Gasteiger partial charge in [0.2, 0.25) is 10.0 Å². The number of nitrogens with zero attached hydrogens (tertiary/aromatic N) is 1. The van der Waals surface area contributed by atoms with E-state index in [0.717, 1.165) is 24.0 Å².